The van der Waals surface area contributed by atoms with Gasteiger partial charge in [0.15, 0.2) is 0 Å². The Labute approximate surface area is 108 Å². The summed E-state index contributed by atoms with van der Waals surface area (Å²) < 4.78 is 26.2. The first-order valence-electron chi connectivity index (χ1n) is 4.35. The lowest BCUT2D eigenvalue weighted by Gasteiger charge is -2.09. The first-order valence-corrected chi connectivity index (χ1v) is 7.20. The molecule has 0 aliphatic heterocycles. The van der Waals surface area contributed by atoms with E-state index in [0.29, 0.717) is 10.2 Å². The summed E-state index contributed by atoms with van der Waals surface area (Å²) in [5.41, 5.74) is 6.70. The van der Waals surface area contributed by atoms with Gasteiger partial charge >= 0.3 is 0 Å². The molecule has 0 unspecified atom stereocenters. The molecule has 7 heteroatoms. The third kappa shape index (κ3) is 4.07. The Morgan fingerprint density at radius 2 is 2.19 bits per heavy atom. The van der Waals surface area contributed by atoms with Gasteiger partial charge in [-0.2, -0.15) is 0 Å². The van der Waals surface area contributed by atoms with Crippen molar-refractivity contribution in [1.29, 1.82) is 0 Å². The summed E-state index contributed by atoms with van der Waals surface area (Å²) in [5.74, 6) is -0.358. The molecule has 1 aromatic carbocycles. The van der Waals surface area contributed by atoms with Crippen molar-refractivity contribution in [1.82, 2.24) is 0 Å². The molecule has 0 bridgehead atoms. The van der Waals surface area contributed by atoms with Crippen molar-refractivity contribution < 1.29 is 8.42 Å². The van der Waals surface area contributed by atoms with Gasteiger partial charge in [-0.1, -0.05) is 18.3 Å². The van der Waals surface area contributed by atoms with Crippen LogP contribution in [0, 0.1) is 6.92 Å². The Balaban J connectivity index is 2.92. The minimum atomic E-state index is -3.52. The molecular weight excluding hydrogens is 312 g/mol. The number of aryl methyl sites for hydroxylation is 1. The predicted octanol–water partition coefficient (Wildman–Crippen LogP) is 1.79. The largest absolute Gasteiger partial charge is 0.392 e. The van der Waals surface area contributed by atoms with Crippen LogP contribution in [0.4, 0.5) is 5.69 Å². The van der Waals surface area contributed by atoms with Gasteiger partial charge in [0.05, 0.1) is 10.7 Å². The number of benzene rings is 1. The van der Waals surface area contributed by atoms with Gasteiger partial charge in [-0.3, -0.25) is 4.72 Å². The van der Waals surface area contributed by atoms with Gasteiger partial charge in [-0.25, -0.2) is 8.42 Å². The summed E-state index contributed by atoms with van der Waals surface area (Å²) in [5, 5.41) is 0. The van der Waals surface area contributed by atoms with E-state index in [2.05, 4.69) is 32.9 Å². The van der Waals surface area contributed by atoms with Gasteiger partial charge in [-0.05, 0) is 40.5 Å². The highest BCUT2D eigenvalue weighted by Crippen LogP contribution is 2.24. The average molecular weight is 323 g/mol. The van der Waals surface area contributed by atoms with Crippen LogP contribution in [0.5, 0.6) is 0 Å². The van der Waals surface area contributed by atoms with Crippen LogP contribution >= 0.6 is 28.1 Å². The second-order valence-electron chi connectivity index (χ2n) is 3.31. The second-order valence-corrected chi connectivity index (χ2v) is 6.41. The normalized spacial score (nSPS) is 11.1. The summed E-state index contributed by atoms with van der Waals surface area (Å²) in [6, 6.07) is 5.30. The highest BCUT2D eigenvalue weighted by molar-refractivity contribution is 9.10. The first kappa shape index (κ1) is 13.4. The fraction of sp³-hybridized carbons (Fsp3) is 0.222. The number of sulfonamides is 1. The van der Waals surface area contributed by atoms with E-state index < -0.39 is 10.0 Å². The third-order valence-corrected chi connectivity index (χ3v) is 3.93. The standard InChI is InChI=1S/C9H11BrN2O2S2/c1-6-2-3-8(7(10)4-6)12-16(13,14)5-9(11)15/h2-4,12H,5H2,1H3,(H2,11,15). The zero-order valence-electron chi connectivity index (χ0n) is 8.53. The average Bonchev–Trinajstić information content (AvgIpc) is 2.07. The van der Waals surface area contributed by atoms with Gasteiger partial charge < -0.3 is 5.73 Å². The topological polar surface area (TPSA) is 72.2 Å². The van der Waals surface area contributed by atoms with E-state index in [4.69, 9.17) is 5.73 Å². The number of hydrogen-bond donors (Lipinski definition) is 2. The summed E-state index contributed by atoms with van der Waals surface area (Å²) in [6.07, 6.45) is 0. The quantitative estimate of drug-likeness (QED) is 0.829. The van der Waals surface area contributed by atoms with Crippen molar-refractivity contribution >= 4 is 48.8 Å². The fourth-order valence-electron chi connectivity index (χ4n) is 1.09. The van der Waals surface area contributed by atoms with E-state index in [1.54, 1.807) is 6.07 Å². The lowest BCUT2D eigenvalue weighted by atomic mass is 10.2. The zero-order chi connectivity index (χ0) is 12.3. The zero-order valence-corrected chi connectivity index (χ0v) is 11.7. The SMILES string of the molecule is Cc1ccc(NS(=O)(=O)CC(N)=S)c(Br)c1. The lowest BCUT2D eigenvalue weighted by molar-refractivity contribution is 0.605. The van der Waals surface area contributed by atoms with Gasteiger partial charge in [-0.15, -0.1) is 0 Å². The third-order valence-electron chi connectivity index (χ3n) is 1.72. The number of rotatable bonds is 4. The molecule has 0 aliphatic rings. The molecule has 0 radical (unpaired) electrons. The molecule has 4 nitrogen and oxygen atoms in total. The highest BCUT2D eigenvalue weighted by atomic mass is 79.9. The van der Waals surface area contributed by atoms with E-state index in [9.17, 15) is 8.42 Å². The smallest absolute Gasteiger partial charge is 0.239 e. The van der Waals surface area contributed by atoms with Crippen LogP contribution in [-0.2, 0) is 10.0 Å². The molecule has 88 valence electrons. The van der Waals surface area contributed by atoms with E-state index in [0.717, 1.165) is 5.56 Å². The van der Waals surface area contributed by atoms with Crippen molar-refractivity contribution in [3.63, 3.8) is 0 Å². The lowest BCUT2D eigenvalue weighted by Crippen LogP contribution is -2.26. The number of thiocarbonyl (C=S) groups is 1. The molecule has 1 rings (SSSR count). The van der Waals surface area contributed by atoms with E-state index in [1.807, 2.05) is 19.1 Å². The highest BCUT2D eigenvalue weighted by Gasteiger charge is 2.13. The van der Waals surface area contributed by atoms with Crippen molar-refractivity contribution in [2.24, 2.45) is 5.73 Å². The Kier molecular flexibility index (Phi) is 4.28. The molecular formula is C9H11BrN2O2S2. The molecule has 0 amide bonds. The predicted molar refractivity (Wildman–Crippen MR) is 73.1 cm³/mol. The van der Waals surface area contributed by atoms with Gasteiger partial charge in [0.1, 0.15) is 5.75 Å². The van der Waals surface area contributed by atoms with E-state index >= 15 is 0 Å². The molecule has 0 spiro atoms. The Morgan fingerprint density at radius 1 is 1.56 bits per heavy atom. The first-order chi connectivity index (χ1) is 7.30. The summed E-state index contributed by atoms with van der Waals surface area (Å²) in [6.45, 7) is 1.91. The van der Waals surface area contributed by atoms with Crippen LogP contribution in [0.2, 0.25) is 0 Å². The fourth-order valence-corrected chi connectivity index (χ4v) is 3.24. The minimum Gasteiger partial charge on any atom is -0.392 e. The van der Waals surface area contributed by atoms with Gasteiger partial charge in [0, 0.05) is 4.47 Å². The number of nitrogens with one attached hydrogen (secondary N) is 1. The maximum atomic E-state index is 11.5. The summed E-state index contributed by atoms with van der Waals surface area (Å²) in [4.78, 5) is -0.0595. The van der Waals surface area contributed by atoms with Crippen molar-refractivity contribution in [3.05, 3.63) is 28.2 Å². The molecule has 0 fully saturated rings. The molecule has 3 N–H and O–H groups in total. The Hall–Kier alpha value is -0.660. The Morgan fingerprint density at radius 3 is 2.69 bits per heavy atom. The summed E-state index contributed by atoms with van der Waals surface area (Å²) >= 11 is 7.84. The molecule has 0 saturated heterocycles. The van der Waals surface area contributed by atoms with E-state index in [1.165, 1.54) is 0 Å². The molecule has 0 heterocycles. The van der Waals surface area contributed by atoms with Crippen LogP contribution in [-0.4, -0.2) is 19.2 Å². The minimum absolute atomic E-state index is 0.0595. The van der Waals surface area contributed by atoms with Crippen LogP contribution in [0.25, 0.3) is 0 Å². The molecule has 0 atom stereocenters. The van der Waals surface area contributed by atoms with Gasteiger partial charge in [0.2, 0.25) is 10.0 Å². The molecule has 0 aliphatic carbocycles. The maximum absolute atomic E-state index is 11.5. The molecule has 0 saturated carbocycles. The van der Waals surface area contributed by atoms with Crippen molar-refractivity contribution in [2.75, 3.05) is 10.5 Å². The monoisotopic (exact) mass is 322 g/mol. The summed E-state index contributed by atoms with van der Waals surface area (Å²) in [7, 11) is -3.52. The number of anilines is 1. The van der Waals surface area contributed by atoms with Crippen molar-refractivity contribution in [2.45, 2.75) is 6.92 Å². The Bertz CT molecular complexity index is 514. The van der Waals surface area contributed by atoms with Crippen molar-refractivity contribution in [3.8, 4) is 0 Å². The molecule has 0 aromatic heterocycles. The molecule has 16 heavy (non-hydrogen) atoms. The van der Waals surface area contributed by atoms with Crippen LogP contribution in [0.15, 0.2) is 22.7 Å². The molecule has 1 aromatic rings. The number of halogens is 1. The van der Waals surface area contributed by atoms with Crippen LogP contribution in [0.3, 0.4) is 0 Å². The van der Waals surface area contributed by atoms with Crippen LogP contribution in [0.1, 0.15) is 5.56 Å². The maximum Gasteiger partial charge on any atom is 0.239 e. The van der Waals surface area contributed by atoms with Gasteiger partial charge in [0.25, 0.3) is 0 Å². The van der Waals surface area contributed by atoms with Crippen LogP contribution < -0.4 is 10.5 Å². The number of hydrogen-bond acceptors (Lipinski definition) is 3. The second kappa shape index (κ2) is 5.11. The van der Waals surface area contributed by atoms with E-state index in [-0.39, 0.29) is 10.7 Å². The number of nitrogens with two attached hydrogens (primary N) is 1.